The molecule has 4 aromatic rings. The summed E-state index contributed by atoms with van der Waals surface area (Å²) in [5.74, 6) is 0. The highest BCUT2D eigenvalue weighted by Gasteiger charge is 2.22. The fourth-order valence-electron chi connectivity index (χ4n) is 3.86. The van der Waals surface area contributed by atoms with Gasteiger partial charge in [0.05, 0.1) is 6.10 Å². The van der Waals surface area contributed by atoms with Crippen molar-refractivity contribution in [1.82, 2.24) is 0 Å². The van der Waals surface area contributed by atoms with E-state index in [0.29, 0.717) is 6.10 Å². The normalized spacial score (nSPS) is 12.7. The average molecular weight is 376 g/mol. The van der Waals surface area contributed by atoms with Crippen molar-refractivity contribution in [3.63, 3.8) is 0 Å². The van der Waals surface area contributed by atoms with Crippen LogP contribution in [0.5, 0.6) is 0 Å². The van der Waals surface area contributed by atoms with E-state index in [1.165, 1.54) is 37.1 Å². The minimum Gasteiger partial charge on any atom is -0.379 e. The minimum atomic E-state index is 0.0154. The maximum Gasteiger partial charge on any atom is 0.187 e. The van der Waals surface area contributed by atoms with Crippen LogP contribution in [-0.4, -0.2) is 12.7 Å². The third-order valence-electron chi connectivity index (χ3n) is 5.19. The molecule has 1 atom stereocenters. The van der Waals surface area contributed by atoms with Crippen molar-refractivity contribution < 1.29 is 4.74 Å². The number of aryl methyl sites for hydroxylation is 1. The quantitative estimate of drug-likeness (QED) is 0.304. The van der Waals surface area contributed by atoms with E-state index in [9.17, 15) is 0 Å². The van der Waals surface area contributed by atoms with Crippen molar-refractivity contribution >= 4 is 30.6 Å². The number of ether oxygens (including phenoxy) is 1. The third-order valence-corrected chi connectivity index (χ3v) is 7.53. The minimum absolute atomic E-state index is 0.0154. The third kappa shape index (κ3) is 3.78. The molecule has 1 aromatic heterocycles. The SMILES string of the molecule is CCOC(C)CCCc1ccc(-[s+]2c3ccccc3c3ccccc32)cc1. The molecule has 4 rings (SSSR count). The van der Waals surface area contributed by atoms with Gasteiger partial charge in [-0.2, -0.15) is 0 Å². The Labute approximate surface area is 164 Å². The lowest BCUT2D eigenvalue weighted by molar-refractivity contribution is 0.0690. The molecule has 2 heteroatoms. The van der Waals surface area contributed by atoms with Crippen molar-refractivity contribution in [1.29, 1.82) is 0 Å². The predicted octanol–water partition coefficient (Wildman–Crippen LogP) is 7.48. The molecule has 0 bridgehead atoms. The number of hydrogen-bond acceptors (Lipinski definition) is 1. The standard InChI is InChI=1S/C25H27OS/c1-3-26-19(2)9-8-10-20-15-17-21(18-16-20)27-24-13-6-4-11-22(24)23-12-5-7-14-25(23)27/h4-7,11-19H,3,8-10H2,1-2H3/q+1. The molecule has 0 aliphatic heterocycles. The maximum atomic E-state index is 5.63. The van der Waals surface area contributed by atoms with Crippen LogP contribution in [0.4, 0.5) is 0 Å². The van der Waals surface area contributed by atoms with Gasteiger partial charge in [0.2, 0.25) is 0 Å². The summed E-state index contributed by atoms with van der Waals surface area (Å²) in [6.07, 6.45) is 3.79. The topological polar surface area (TPSA) is 9.23 Å². The molecule has 0 saturated carbocycles. The molecule has 0 saturated heterocycles. The van der Waals surface area contributed by atoms with Crippen LogP contribution in [0.15, 0.2) is 72.8 Å². The molecule has 0 radical (unpaired) electrons. The molecule has 0 N–H and O–H groups in total. The van der Waals surface area contributed by atoms with E-state index in [0.717, 1.165) is 19.4 Å². The monoisotopic (exact) mass is 375 g/mol. The van der Waals surface area contributed by atoms with Crippen LogP contribution in [-0.2, 0) is 11.2 Å². The zero-order valence-corrected chi connectivity index (χ0v) is 17.0. The molecule has 1 nitrogen and oxygen atoms in total. The fraction of sp³-hybridized carbons (Fsp3) is 0.280. The number of thiophene rings is 1. The number of rotatable bonds is 7. The van der Waals surface area contributed by atoms with E-state index in [1.807, 2.05) is 0 Å². The fourth-order valence-corrected chi connectivity index (χ4v) is 6.24. The predicted molar refractivity (Wildman–Crippen MR) is 119 cm³/mol. The summed E-state index contributed by atoms with van der Waals surface area (Å²) >= 11 is 0. The van der Waals surface area contributed by atoms with Crippen molar-refractivity contribution in [2.75, 3.05) is 6.61 Å². The number of hydrogen-bond donors (Lipinski definition) is 0. The molecule has 3 aromatic carbocycles. The lowest BCUT2D eigenvalue weighted by Gasteiger charge is -2.10. The first-order valence-electron chi connectivity index (χ1n) is 9.91. The van der Waals surface area contributed by atoms with E-state index in [4.69, 9.17) is 4.74 Å². The Morgan fingerprint density at radius 1 is 0.815 bits per heavy atom. The molecular weight excluding hydrogens is 348 g/mol. The smallest absolute Gasteiger partial charge is 0.187 e. The lowest BCUT2D eigenvalue weighted by Crippen LogP contribution is -2.07. The Kier molecular flexibility index (Phi) is 5.56. The van der Waals surface area contributed by atoms with E-state index in [1.54, 1.807) is 0 Å². The molecule has 0 aliphatic rings. The van der Waals surface area contributed by atoms with E-state index >= 15 is 0 Å². The highest BCUT2D eigenvalue weighted by Crippen LogP contribution is 2.48. The summed E-state index contributed by atoms with van der Waals surface area (Å²) in [6, 6.07) is 27.0. The molecule has 1 heterocycles. The highest BCUT2D eigenvalue weighted by molar-refractivity contribution is 7.50. The molecule has 27 heavy (non-hydrogen) atoms. The second-order valence-electron chi connectivity index (χ2n) is 7.10. The first-order chi connectivity index (χ1) is 13.3. The first kappa shape index (κ1) is 18.2. The Balaban J connectivity index is 1.61. The van der Waals surface area contributed by atoms with Crippen LogP contribution in [0.1, 0.15) is 32.3 Å². The summed E-state index contributed by atoms with van der Waals surface area (Å²) in [5.41, 5.74) is 1.42. The van der Waals surface area contributed by atoms with Crippen molar-refractivity contribution in [2.45, 2.75) is 39.2 Å². The lowest BCUT2D eigenvalue weighted by atomic mass is 10.1. The van der Waals surface area contributed by atoms with E-state index in [2.05, 4.69) is 86.6 Å². The van der Waals surface area contributed by atoms with Gasteiger partial charge in [-0.3, -0.25) is 0 Å². The Bertz CT molecular complexity index is 976. The molecule has 0 amide bonds. The summed E-state index contributed by atoms with van der Waals surface area (Å²) < 4.78 is 8.55. The largest absolute Gasteiger partial charge is 0.379 e. The van der Waals surface area contributed by atoms with Gasteiger partial charge in [-0.25, -0.2) is 0 Å². The highest BCUT2D eigenvalue weighted by atomic mass is 32.2. The van der Waals surface area contributed by atoms with Crippen LogP contribution in [0.3, 0.4) is 0 Å². The Hall–Kier alpha value is -2.16. The Morgan fingerprint density at radius 3 is 2.00 bits per heavy atom. The van der Waals surface area contributed by atoms with Gasteiger partial charge in [0, 0.05) is 27.8 Å². The molecular formula is C25H27OS+. The van der Waals surface area contributed by atoms with Crippen LogP contribution in [0, 0.1) is 0 Å². The van der Waals surface area contributed by atoms with Crippen LogP contribution in [0.2, 0.25) is 0 Å². The van der Waals surface area contributed by atoms with Gasteiger partial charge in [-0.05, 0) is 75.1 Å². The van der Waals surface area contributed by atoms with Crippen molar-refractivity contribution in [3.05, 3.63) is 78.4 Å². The number of fused-ring (bicyclic) bond motifs is 3. The Morgan fingerprint density at radius 2 is 1.41 bits per heavy atom. The summed E-state index contributed by atoms with van der Waals surface area (Å²) in [7, 11) is 0.0154. The zero-order chi connectivity index (χ0) is 18.6. The van der Waals surface area contributed by atoms with Crippen LogP contribution < -0.4 is 0 Å². The van der Waals surface area contributed by atoms with Gasteiger partial charge in [0.25, 0.3) is 0 Å². The van der Waals surface area contributed by atoms with Gasteiger partial charge >= 0.3 is 0 Å². The van der Waals surface area contributed by atoms with Gasteiger partial charge in [-0.15, -0.1) is 0 Å². The first-order valence-corrected chi connectivity index (χ1v) is 11.1. The zero-order valence-electron chi connectivity index (χ0n) is 16.2. The van der Waals surface area contributed by atoms with E-state index < -0.39 is 0 Å². The van der Waals surface area contributed by atoms with Crippen molar-refractivity contribution in [2.24, 2.45) is 0 Å². The average Bonchev–Trinajstić information content (AvgIpc) is 3.03. The summed E-state index contributed by atoms with van der Waals surface area (Å²) in [6.45, 7) is 5.04. The van der Waals surface area contributed by atoms with Crippen LogP contribution in [0.25, 0.3) is 25.1 Å². The number of benzene rings is 3. The van der Waals surface area contributed by atoms with Gasteiger partial charge in [0.15, 0.2) is 14.3 Å². The summed E-state index contributed by atoms with van der Waals surface area (Å²) in [5, 5.41) is 2.79. The second kappa shape index (κ2) is 8.24. The molecule has 0 aliphatic carbocycles. The molecule has 1 unspecified atom stereocenters. The van der Waals surface area contributed by atoms with Crippen molar-refractivity contribution in [3.8, 4) is 4.90 Å². The second-order valence-corrected chi connectivity index (χ2v) is 9.06. The molecule has 0 spiro atoms. The van der Waals surface area contributed by atoms with Gasteiger partial charge in [-0.1, -0.05) is 36.4 Å². The summed E-state index contributed by atoms with van der Waals surface area (Å²) in [4.78, 5) is 1.42. The maximum absolute atomic E-state index is 5.63. The van der Waals surface area contributed by atoms with Crippen LogP contribution >= 0.6 is 10.5 Å². The van der Waals surface area contributed by atoms with Gasteiger partial charge < -0.3 is 4.74 Å². The molecule has 138 valence electrons. The van der Waals surface area contributed by atoms with E-state index in [-0.39, 0.29) is 10.5 Å². The van der Waals surface area contributed by atoms with Gasteiger partial charge in [0.1, 0.15) is 0 Å². The molecule has 0 fully saturated rings.